The zero-order chi connectivity index (χ0) is 19.4. The highest BCUT2D eigenvalue weighted by atomic mass is 35.5. The third-order valence-electron chi connectivity index (χ3n) is 3.85. The van der Waals surface area contributed by atoms with E-state index in [1.807, 2.05) is 6.92 Å². The molecular weight excluding hydrogens is 364 g/mol. The van der Waals surface area contributed by atoms with Gasteiger partial charge < -0.3 is 10.6 Å². The number of aromatic nitrogens is 2. The Morgan fingerprint density at radius 3 is 2.63 bits per heavy atom. The average molecular weight is 381 g/mol. The number of carbonyl (C=O) groups excluding carboxylic acids is 2. The number of carbonyl (C=O) groups is 2. The molecule has 3 aromatic rings. The van der Waals surface area contributed by atoms with Crippen LogP contribution in [0, 0.1) is 6.92 Å². The van der Waals surface area contributed by atoms with Gasteiger partial charge in [-0.25, -0.2) is 9.97 Å². The summed E-state index contributed by atoms with van der Waals surface area (Å²) in [6.45, 7) is 3.36. The molecule has 1 heterocycles. The van der Waals surface area contributed by atoms with Gasteiger partial charge in [-0.1, -0.05) is 23.7 Å². The third kappa shape index (κ3) is 4.68. The lowest BCUT2D eigenvalue weighted by Gasteiger charge is -2.10. The van der Waals surface area contributed by atoms with Crippen molar-refractivity contribution in [2.24, 2.45) is 0 Å². The lowest BCUT2D eigenvalue weighted by Crippen LogP contribution is -2.15. The average Bonchev–Trinajstić information content (AvgIpc) is 2.64. The van der Waals surface area contributed by atoms with Gasteiger partial charge in [-0.3, -0.25) is 9.59 Å². The summed E-state index contributed by atoms with van der Waals surface area (Å²) >= 11 is 5.94. The predicted octanol–water partition coefficient (Wildman–Crippen LogP) is 4.64. The first-order valence-corrected chi connectivity index (χ1v) is 8.59. The molecule has 0 fully saturated rings. The van der Waals surface area contributed by atoms with Crippen LogP contribution >= 0.6 is 11.6 Å². The van der Waals surface area contributed by atoms with Crippen molar-refractivity contribution in [1.29, 1.82) is 0 Å². The van der Waals surface area contributed by atoms with E-state index in [1.165, 1.54) is 19.2 Å². The van der Waals surface area contributed by atoms with Crippen LogP contribution in [-0.4, -0.2) is 21.7 Å². The Hall–Kier alpha value is -3.25. The van der Waals surface area contributed by atoms with Crippen LogP contribution in [0.2, 0.25) is 5.02 Å². The van der Waals surface area contributed by atoms with Crippen LogP contribution in [-0.2, 0) is 0 Å². The Labute approximate surface area is 161 Å². The first-order valence-electron chi connectivity index (χ1n) is 8.21. The van der Waals surface area contributed by atoms with E-state index in [-0.39, 0.29) is 23.3 Å². The zero-order valence-electron chi connectivity index (χ0n) is 14.8. The Kier molecular flexibility index (Phi) is 5.47. The number of rotatable bonds is 5. The molecule has 0 atom stereocenters. The topological polar surface area (TPSA) is 84.0 Å². The third-order valence-corrected chi connectivity index (χ3v) is 4.09. The van der Waals surface area contributed by atoms with E-state index < -0.39 is 0 Å². The number of hydrogen-bond acceptors (Lipinski definition) is 5. The minimum Gasteiger partial charge on any atom is -0.324 e. The molecule has 1 aromatic heterocycles. The molecule has 0 bridgehead atoms. The Balaban J connectivity index is 1.77. The molecule has 3 rings (SSSR count). The van der Waals surface area contributed by atoms with Crippen LogP contribution in [0.3, 0.4) is 0 Å². The van der Waals surface area contributed by atoms with Crippen LogP contribution in [0.4, 0.5) is 17.3 Å². The van der Waals surface area contributed by atoms with Gasteiger partial charge >= 0.3 is 0 Å². The van der Waals surface area contributed by atoms with Gasteiger partial charge in [-0.2, -0.15) is 0 Å². The minimum absolute atomic E-state index is 0.0361. The maximum atomic E-state index is 12.5. The number of nitrogens with zero attached hydrogens (tertiary/aromatic N) is 2. The molecule has 0 aliphatic carbocycles. The molecule has 0 radical (unpaired) electrons. The monoisotopic (exact) mass is 380 g/mol. The lowest BCUT2D eigenvalue weighted by molar-refractivity contribution is 0.101. The number of hydrogen-bond donors (Lipinski definition) is 2. The molecule has 2 N–H and O–H groups in total. The van der Waals surface area contributed by atoms with Crippen LogP contribution in [0.1, 0.15) is 33.3 Å². The maximum Gasteiger partial charge on any atom is 0.274 e. The molecule has 1 amide bonds. The number of Topliss-reactive ketones (excluding diaryl/α,β-unsaturated/α-hetero) is 1. The van der Waals surface area contributed by atoms with E-state index in [2.05, 4.69) is 20.6 Å². The van der Waals surface area contributed by atoms with Crippen molar-refractivity contribution in [2.75, 3.05) is 10.6 Å². The van der Waals surface area contributed by atoms with Gasteiger partial charge in [0.2, 0.25) is 5.95 Å². The summed E-state index contributed by atoms with van der Waals surface area (Å²) in [5, 5.41) is 6.42. The standard InChI is InChI=1S/C20H17ClN4O2/c1-12-10-15(21)6-7-17(12)24-19(27)18-8-9-22-20(25-18)23-16-5-3-4-14(11-16)13(2)26/h3-11H,1-2H3,(H,24,27)(H,22,23,25). The largest absolute Gasteiger partial charge is 0.324 e. The normalized spacial score (nSPS) is 10.3. The highest BCUT2D eigenvalue weighted by Crippen LogP contribution is 2.20. The van der Waals surface area contributed by atoms with E-state index in [0.29, 0.717) is 22.0 Å². The van der Waals surface area contributed by atoms with Crippen molar-refractivity contribution in [3.63, 3.8) is 0 Å². The SMILES string of the molecule is CC(=O)c1cccc(Nc2nccc(C(=O)Nc3ccc(Cl)cc3C)n2)c1. The van der Waals surface area contributed by atoms with Crippen LogP contribution in [0.5, 0.6) is 0 Å². The second-order valence-electron chi connectivity index (χ2n) is 5.94. The highest BCUT2D eigenvalue weighted by molar-refractivity contribution is 6.30. The van der Waals surface area contributed by atoms with Gasteiger partial charge in [0.1, 0.15) is 5.69 Å². The molecule has 0 aliphatic rings. The summed E-state index contributed by atoms with van der Waals surface area (Å²) in [6, 6.07) is 13.7. The second-order valence-corrected chi connectivity index (χ2v) is 6.38. The summed E-state index contributed by atoms with van der Waals surface area (Å²) in [5.41, 5.74) is 2.96. The number of anilines is 3. The smallest absolute Gasteiger partial charge is 0.274 e. The molecular formula is C20H17ClN4O2. The fourth-order valence-corrected chi connectivity index (χ4v) is 2.67. The first-order chi connectivity index (χ1) is 12.9. The highest BCUT2D eigenvalue weighted by Gasteiger charge is 2.11. The quantitative estimate of drug-likeness (QED) is 0.630. The Bertz CT molecular complexity index is 1020. The van der Waals surface area contributed by atoms with Crippen molar-refractivity contribution >= 4 is 40.6 Å². The van der Waals surface area contributed by atoms with Gasteiger partial charge in [-0.05, 0) is 55.8 Å². The molecule has 0 aliphatic heterocycles. The fraction of sp³-hybridized carbons (Fsp3) is 0.100. The summed E-state index contributed by atoms with van der Waals surface area (Å²) < 4.78 is 0. The van der Waals surface area contributed by atoms with Gasteiger partial charge in [0.25, 0.3) is 5.91 Å². The van der Waals surface area contributed by atoms with E-state index in [0.717, 1.165) is 5.56 Å². The molecule has 0 spiro atoms. The van der Waals surface area contributed by atoms with E-state index in [9.17, 15) is 9.59 Å². The van der Waals surface area contributed by atoms with Gasteiger partial charge in [-0.15, -0.1) is 0 Å². The number of ketones is 1. The van der Waals surface area contributed by atoms with Gasteiger partial charge in [0.15, 0.2) is 5.78 Å². The number of halogens is 1. The number of amides is 1. The van der Waals surface area contributed by atoms with E-state index in [1.54, 1.807) is 42.5 Å². The predicted molar refractivity (Wildman–Crippen MR) is 106 cm³/mol. The summed E-state index contributed by atoms with van der Waals surface area (Å²) in [5.74, 6) is -0.134. The molecule has 2 aromatic carbocycles. The van der Waals surface area contributed by atoms with Gasteiger partial charge in [0.05, 0.1) is 0 Å². The molecule has 0 unspecified atom stereocenters. The van der Waals surface area contributed by atoms with E-state index in [4.69, 9.17) is 11.6 Å². The van der Waals surface area contributed by atoms with E-state index >= 15 is 0 Å². The van der Waals surface area contributed by atoms with Crippen molar-refractivity contribution in [2.45, 2.75) is 13.8 Å². The van der Waals surface area contributed by atoms with Crippen molar-refractivity contribution in [3.8, 4) is 0 Å². The zero-order valence-corrected chi connectivity index (χ0v) is 15.5. The number of benzene rings is 2. The fourth-order valence-electron chi connectivity index (χ4n) is 2.44. The molecule has 6 nitrogen and oxygen atoms in total. The van der Waals surface area contributed by atoms with Crippen LogP contribution in [0.25, 0.3) is 0 Å². The minimum atomic E-state index is -0.358. The second kappa shape index (κ2) is 7.97. The lowest BCUT2D eigenvalue weighted by atomic mass is 10.1. The Morgan fingerprint density at radius 1 is 1.07 bits per heavy atom. The Morgan fingerprint density at radius 2 is 1.89 bits per heavy atom. The maximum absolute atomic E-state index is 12.5. The summed E-state index contributed by atoms with van der Waals surface area (Å²) in [4.78, 5) is 32.4. The first kappa shape index (κ1) is 18.5. The van der Waals surface area contributed by atoms with Crippen molar-refractivity contribution < 1.29 is 9.59 Å². The molecule has 7 heteroatoms. The molecule has 136 valence electrons. The number of aryl methyl sites for hydroxylation is 1. The molecule has 27 heavy (non-hydrogen) atoms. The van der Waals surface area contributed by atoms with Crippen molar-refractivity contribution in [1.82, 2.24) is 9.97 Å². The summed E-state index contributed by atoms with van der Waals surface area (Å²) in [7, 11) is 0. The number of nitrogens with one attached hydrogen (secondary N) is 2. The van der Waals surface area contributed by atoms with Crippen molar-refractivity contribution in [3.05, 3.63) is 76.6 Å². The summed E-state index contributed by atoms with van der Waals surface area (Å²) in [6.07, 6.45) is 1.49. The molecule has 0 saturated heterocycles. The molecule has 0 saturated carbocycles. The van der Waals surface area contributed by atoms with Crippen LogP contribution in [0.15, 0.2) is 54.7 Å². The van der Waals surface area contributed by atoms with Gasteiger partial charge in [0, 0.05) is 28.2 Å². The van der Waals surface area contributed by atoms with Crippen LogP contribution < -0.4 is 10.6 Å².